The first-order chi connectivity index (χ1) is 13.9. The van der Waals surface area contributed by atoms with Gasteiger partial charge in [0.25, 0.3) is 0 Å². The zero-order valence-corrected chi connectivity index (χ0v) is 15.8. The molecule has 142 valence electrons. The molecule has 2 nitrogen and oxygen atoms in total. The van der Waals surface area contributed by atoms with Crippen LogP contribution in [0.5, 0.6) is 0 Å². The second-order valence-electron chi connectivity index (χ2n) is 7.71. The molecule has 0 saturated heterocycles. The summed E-state index contributed by atoms with van der Waals surface area (Å²) in [6.07, 6.45) is -2.59. The van der Waals surface area contributed by atoms with Crippen LogP contribution >= 0.6 is 0 Å². The van der Waals surface area contributed by atoms with E-state index in [9.17, 15) is 13.2 Å². The predicted molar refractivity (Wildman–Crippen MR) is 110 cm³/mol. The quantitative estimate of drug-likeness (QED) is 0.168. The number of para-hydroxylation sites is 1. The van der Waals surface area contributed by atoms with Gasteiger partial charge >= 0.3 is 6.18 Å². The summed E-state index contributed by atoms with van der Waals surface area (Å²) in [6.45, 7) is 2.05. The number of hydrogen-bond donors (Lipinski definition) is 0. The zero-order valence-electron chi connectivity index (χ0n) is 15.8. The SMILES string of the molecule is Cc1cccc2c1c1c3c(cc[n+]1C)cc(C(F)(F)F)c1c4ccccc4n2c13. The lowest BCUT2D eigenvalue weighted by molar-refractivity contribution is -0.643. The number of hydrogen-bond acceptors (Lipinski definition) is 0. The molecule has 3 aromatic heterocycles. The van der Waals surface area contributed by atoms with Gasteiger partial charge in [-0.25, -0.2) is 4.57 Å². The molecule has 5 heteroatoms. The number of fused-ring (bicyclic) bond motifs is 6. The number of pyridine rings is 2. The lowest BCUT2D eigenvalue weighted by Gasteiger charge is -2.15. The fourth-order valence-electron chi connectivity index (χ4n) is 4.93. The van der Waals surface area contributed by atoms with E-state index in [0.29, 0.717) is 16.3 Å². The smallest absolute Gasteiger partial charge is 0.307 e. The molecular formula is C24H16F3N2+. The molecule has 3 aromatic carbocycles. The molecule has 0 fully saturated rings. The molecule has 0 radical (unpaired) electrons. The van der Waals surface area contributed by atoms with E-state index in [2.05, 4.69) is 13.0 Å². The van der Waals surface area contributed by atoms with Gasteiger partial charge in [0.15, 0.2) is 6.20 Å². The Morgan fingerprint density at radius 3 is 2.41 bits per heavy atom. The summed E-state index contributed by atoms with van der Waals surface area (Å²) in [6, 6.07) is 16.5. The van der Waals surface area contributed by atoms with Crippen molar-refractivity contribution in [1.29, 1.82) is 0 Å². The van der Waals surface area contributed by atoms with Crippen LogP contribution in [-0.4, -0.2) is 4.40 Å². The monoisotopic (exact) mass is 389 g/mol. The van der Waals surface area contributed by atoms with E-state index < -0.39 is 11.7 Å². The molecule has 29 heavy (non-hydrogen) atoms. The van der Waals surface area contributed by atoms with Crippen molar-refractivity contribution in [1.82, 2.24) is 4.40 Å². The number of benzene rings is 3. The summed E-state index contributed by atoms with van der Waals surface area (Å²) in [5.74, 6) is 0. The molecule has 0 aliphatic rings. The van der Waals surface area contributed by atoms with Crippen molar-refractivity contribution in [2.24, 2.45) is 7.05 Å². The maximum atomic E-state index is 14.1. The lowest BCUT2D eigenvalue weighted by atomic mass is 9.96. The van der Waals surface area contributed by atoms with Crippen LogP contribution in [0.2, 0.25) is 0 Å². The number of nitrogens with zero attached hydrogens (tertiary/aromatic N) is 2. The van der Waals surface area contributed by atoms with Crippen LogP contribution in [-0.2, 0) is 13.2 Å². The zero-order chi connectivity index (χ0) is 20.1. The minimum atomic E-state index is -4.44. The van der Waals surface area contributed by atoms with E-state index in [1.54, 1.807) is 18.2 Å². The molecule has 0 aliphatic carbocycles. The molecule has 0 aliphatic heterocycles. The van der Waals surface area contributed by atoms with Gasteiger partial charge in [-0.2, -0.15) is 13.2 Å². The summed E-state index contributed by atoms with van der Waals surface area (Å²) in [5.41, 5.74) is 3.84. The Bertz CT molecular complexity index is 1610. The Labute approximate surface area is 163 Å². The van der Waals surface area contributed by atoms with E-state index in [4.69, 9.17) is 0 Å². The summed E-state index contributed by atoms with van der Waals surface area (Å²) >= 11 is 0. The molecular weight excluding hydrogens is 373 g/mol. The van der Waals surface area contributed by atoms with Gasteiger partial charge < -0.3 is 4.40 Å². The van der Waals surface area contributed by atoms with Gasteiger partial charge in [-0.3, -0.25) is 0 Å². The molecule has 3 heterocycles. The first-order valence-corrected chi connectivity index (χ1v) is 9.44. The number of aryl methyl sites for hydroxylation is 2. The molecule has 0 unspecified atom stereocenters. The highest BCUT2D eigenvalue weighted by atomic mass is 19.4. The van der Waals surface area contributed by atoms with Crippen molar-refractivity contribution in [2.75, 3.05) is 0 Å². The number of aromatic nitrogens is 2. The number of alkyl halides is 3. The third-order valence-electron chi connectivity index (χ3n) is 6.07. The number of halogens is 3. The Kier molecular flexibility index (Phi) is 2.96. The summed E-state index contributed by atoms with van der Waals surface area (Å²) in [4.78, 5) is 0. The molecule has 0 atom stereocenters. The first-order valence-electron chi connectivity index (χ1n) is 9.44. The van der Waals surface area contributed by atoms with Crippen molar-refractivity contribution >= 4 is 49.0 Å². The van der Waals surface area contributed by atoms with Gasteiger partial charge in [0, 0.05) is 16.8 Å². The van der Waals surface area contributed by atoms with Crippen LogP contribution in [0.4, 0.5) is 13.2 Å². The summed E-state index contributed by atoms with van der Waals surface area (Å²) < 4.78 is 46.4. The van der Waals surface area contributed by atoms with Crippen molar-refractivity contribution in [3.8, 4) is 0 Å². The normalized spacial score (nSPS) is 13.0. The van der Waals surface area contributed by atoms with Crippen LogP contribution < -0.4 is 4.57 Å². The van der Waals surface area contributed by atoms with E-state index in [-0.39, 0.29) is 5.39 Å². The topological polar surface area (TPSA) is 8.29 Å². The van der Waals surface area contributed by atoms with E-state index in [1.807, 2.05) is 46.5 Å². The van der Waals surface area contributed by atoms with Crippen LogP contribution in [0.15, 0.2) is 60.8 Å². The summed E-state index contributed by atoms with van der Waals surface area (Å²) in [7, 11) is 1.95. The largest absolute Gasteiger partial charge is 0.417 e. The van der Waals surface area contributed by atoms with Crippen LogP contribution in [0.1, 0.15) is 11.1 Å². The number of rotatable bonds is 0. The van der Waals surface area contributed by atoms with Gasteiger partial charge in [0.2, 0.25) is 5.52 Å². The van der Waals surface area contributed by atoms with E-state index in [1.165, 1.54) is 6.07 Å². The Morgan fingerprint density at radius 1 is 0.862 bits per heavy atom. The second kappa shape index (κ2) is 5.17. The average Bonchev–Trinajstić information content (AvgIpc) is 3.03. The minimum absolute atomic E-state index is 0.278. The molecule has 0 amide bonds. The van der Waals surface area contributed by atoms with Gasteiger partial charge in [-0.05, 0) is 36.1 Å². The average molecular weight is 389 g/mol. The van der Waals surface area contributed by atoms with Crippen LogP contribution in [0.25, 0.3) is 49.0 Å². The van der Waals surface area contributed by atoms with E-state index in [0.717, 1.165) is 32.9 Å². The van der Waals surface area contributed by atoms with Crippen molar-refractivity contribution in [3.05, 3.63) is 71.9 Å². The Balaban J connectivity index is 2.13. The van der Waals surface area contributed by atoms with Gasteiger partial charge in [0.05, 0.1) is 32.9 Å². The third kappa shape index (κ3) is 1.95. The maximum Gasteiger partial charge on any atom is 0.417 e. The van der Waals surface area contributed by atoms with E-state index >= 15 is 0 Å². The minimum Gasteiger partial charge on any atom is -0.307 e. The molecule has 6 rings (SSSR count). The molecule has 6 aromatic rings. The van der Waals surface area contributed by atoms with Crippen molar-refractivity contribution < 1.29 is 17.7 Å². The molecule has 0 spiro atoms. The highest BCUT2D eigenvalue weighted by Gasteiger charge is 2.36. The molecule has 0 N–H and O–H groups in total. The fourth-order valence-corrected chi connectivity index (χ4v) is 4.93. The molecule has 0 saturated carbocycles. The standard InChI is InChI=1S/C24H16F3N2/c1-13-6-5-9-18-19(13)22-20-14(10-11-28(22)2)12-16(24(25,26)27)21-15-7-3-4-8-17(15)29(18)23(20)21/h3-12H,1-2H3/q+1. The van der Waals surface area contributed by atoms with Crippen LogP contribution in [0.3, 0.4) is 0 Å². The van der Waals surface area contributed by atoms with Gasteiger partial charge in [-0.15, -0.1) is 0 Å². The summed E-state index contributed by atoms with van der Waals surface area (Å²) in [5, 5.41) is 3.45. The molecule has 0 bridgehead atoms. The fraction of sp³-hybridized carbons (Fsp3) is 0.125. The first kappa shape index (κ1) is 16.6. The second-order valence-corrected chi connectivity index (χ2v) is 7.71. The Hall–Kier alpha value is -3.34. The highest BCUT2D eigenvalue weighted by molar-refractivity contribution is 6.28. The van der Waals surface area contributed by atoms with Gasteiger partial charge in [0.1, 0.15) is 7.05 Å². The lowest BCUT2D eigenvalue weighted by Crippen LogP contribution is -2.29. The predicted octanol–water partition coefficient (Wildman–Crippen LogP) is 6.14. The third-order valence-corrected chi connectivity index (χ3v) is 6.07. The highest BCUT2D eigenvalue weighted by Crippen LogP contribution is 2.46. The van der Waals surface area contributed by atoms with Crippen molar-refractivity contribution in [3.63, 3.8) is 0 Å². The van der Waals surface area contributed by atoms with Crippen LogP contribution in [0, 0.1) is 6.92 Å². The Morgan fingerprint density at radius 2 is 1.62 bits per heavy atom. The maximum absolute atomic E-state index is 14.1. The van der Waals surface area contributed by atoms with Crippen molar-refractivity contribution in [2.45, 2.75) is 13.1 Å². The van der Waals surface area contributed by atoms with Gasteiger partial charge in [-0.1, -0.05) is 30.3 Å².